The van der Waals surface area contributed by atoms with Crippen LogP contribution in [0.25, 0.3) is 0 Å². The Morgan fingerprint density at radius 3 is 2.18 bits per heavy atom. The smallest absolute Gasteiger partial charge is 0.414 e. The number of methoxy groups -OCH3 is 1. The maximum atomic E-state index is 13.0. The second kappa shape index (κ2) is 13.4. The number of nitrogens with one attached hydrogen (secondary N) is 1. The highest BCUT2D eigenvalue weighted by molar-refractivity contribution is 6.27. The van der Waals surface area contributed by atoms with Crippen molar-refractivity contribution >= 4 is 17.8 Å². The Bertz CT molecular complexity index is 1040. The molecule has 0 spiro atoms. The number of hydrogen-bond acceptors (Lipinski definition) is 6. The van der Waals surface area contributed by atoms with E-state index in [9.17, 15) is 4.79 Å². The summed E-state index contributed by atoms with van der Waals surface area (Å²) in [7, 11) is 1.65. The van der Waals surface area contributed by atoms with Gasteiger partial charge in [-0.3, -0.25) is 4.79 Å². The molecule has 0 bridgehead atoms. The van der Waals surface area contributed by atoms with E-state index in [0.29, 0.717) is 13.1 Å². The molecule has 34 heavy (non-hydrogen) atoms. The minimum absolute atomic E-state index is 0.0118. The van der Waals surface area contributed by atoms with E-state index < -0.39 is 11.9 Å². The second-order valence-electron chi connectivity index (χ2n) is 7.27. The second-order valence-corrected chi connectivity index (χ2v) is 7.27. The number of para-hydroxylation sites is 1. The average Bonchev–Trinajstić information content (AvgIpc) is 3.36. The molecule has 3 rings (SSSR count). The molecule has 0 saturated heterocycles. The maximum absolute atomic E-state index is 13.0. The molecule has 1 aromatic heterocycles. The molecule has 1 atom stereocenters. The van der Waals surface area contributed by atoms with Crippen molar-refractivity contribution in [2.75, 3.05) is 13.7 Å². The van der Waals surface area contributed by atoms with Crippen molar-refractivity contribution in [1.82, 2.24) is 10.2 Å². The summed E-state index contributed by atoms with van der Waals surface area (Å²) in [5, 5.41) is 18.1. The van der Waals surface area contributed by atoms with Gasteiger partial charge in [0.05, 0.1) is 26.5 Å². The fraction of sp³-hybridized carbons (Fsp3) is 0.240. The average molecular weight is 469 g/mol. The molecule has 0 saturated carbocycles. The molecule has 0 radical (unpaired) electrons. The molecule has 9 heteroatoms. The number of benzene rings is 2. The van der Waals surface area contributed by atoms with E-state index in [1.54, 1.807) is 18.3 Å². The molecule has 0 aliphatic heterocycles. The lowest BCUT2D eigenvalue weighted by atomic mass is 10.1. The normalized spacial score (nSPS) is 11.0. The molecular weight excluding hydrogens is 440 g/mol. The first-order chi connectivity index (χ1) is 16.3. The van der Waals surface area contributed by atoms with Gasteiger partial charge in [-0.05, 0) is 30.7 Å². The van der Waals surface area contributed by atoms with Crippen molar-refractivity contribution in [3.8, 4) is 5.75 Å². The number of hydrogen-bond donors (Lipinski definition) is 3. The molecular formula is C25H28N2O7. The summed E-state index contributed by atoms with van der Waals surface area (Å²) in [4.78, 5) is 33.0. The van der Waals surface area contributed by atoms with E-state index >= 15 is 0 Å². The van der Waals surface area contributed by atoms with E-state index in [0.717, 1.165) is 22.6 Å². The molecule has 3 N–H and O–H groups in total. The molecule has 0 fully saturated rings. The predicted molar refractivity (Wildman–Crippen MR) is 124 cm³/mol. The summed E-state index contributed by atoms with van der Waals surface area (Å²) in [6, 6.07) is 21.5. The predicted octanol–water partition coefficient (Wildman–Crippen LogP) is 3.32. The number of carboxylic acids is 2. The Morgan fingerprint density at radius 2 is 1.59 bits per heavy atom. The highest BCUT2D eigenvalue weighted by atomic mass is 16.5. The minimum Gasteiger partial charge on any atom is -0.496 e. The van der Waals surface area contributed by atoms with Gasteiger partial charge in [-0.25, -0.2) is 9.59 Å². The van der Waals surface area contributed by atoms with Crippen LogP contribution < -0.4 is 10.1 Å². The third kappa shape index (κ3) is 8.44. The quantitative estimate of drug-likeness (QED) is 0.408. The fourth-order valence-electron chi connectivity index (χ4n) is 3.11. The number of carbonyl (C=O) groups excluding carboxylic acids is 1. The van der Waals surface area contributed by atoms with Gasteiger partial charge in [0, 0.05) is 18.2 Å². The number of furan rings is 1. The Kier molecular flexibility index (Phi) is 10.3. The molecule has 1 heterocycles. The summed E-state index contributed by atoms with van der Waals surface area (Å²) in [5.41, 5.74) is 2.11. The van der Waals surface area contributed by atoms with Crippen LogP contribution >= 0.6 is 0 Å². The van der Waals surface area contributed by atoms with Crippen molar-refractivity contribution in [2.24, 2.45) is 0 Å². The maximum Gasteiger partial charge on any atom is 0.414 e. The number of carboxylic acid groups (broad SMARTS) is 2. The van der Waals surface area contributed by atoms with Crippen molar-refractivity contribution in [3.63, 3.8) is 0 Å². The van der Waals surface area contributed by atoms with E-state index in [-0.39, 0.29) is 18.5 Å². The molecule has 1 unspecified atom stereocenters. The zero-order chi connectivity index (χ0) is 24.9. The van der Waals surface area contributed by atoms with Crippen molar-refractivity contribution in [2.45, 2.75) is 26.1 Å². The van der Waals surface area contributed by atoms with Gasteiger partial charge >= 0.3 is 11.9 Å². The third-order valence-corrected chi connectivity index (χ3v) is 4.84. The van der Waals surface area contributed by atoms with Crippen molar-refractivity contribution in [3.05, 3.63) is 89.9 Å². The van der Waals surface area contributed by atoms with Crippen LogP contribution in [0.5, 0.6) is 5.75 Å². The largest absolute Gasteiger partial charge is 0.496 e. The van der Waals surface area contributed by atoms with Crippen LogP contribution in [-0.4, -0.2) is 46.6 Å². The number of aliphatic carboxylic acids is 2. The van der Waals surface area contributed by atoms with Gasteiger partial charge < -0.3 is 29.6 Å². The Morgan fingerprint density at radius 1 is 0.941 bits per heavy atom. The number of nitrogens with zero attached hydrogens (tertiary/aromatic N) is 1. The van der Waals surface area contributed by atoms with Gasteiger partial charge in [0.15, 0.2) is 0 Å². The van der Waals surface area contributed by atoms with E-state index in [1.165, 1.54) is 0 Å². The Balaban J connectivity index is 0.000000604. The van der Waals surface area contributed by atoms with Gasteiger partial charge in [0.2, 0.25) is 5.91 Å². The van der Waals surface area contributed by atoms with E-state index in [4.69, 9.17) is 29.0 Å². The van der Waals surface area contributed by atoms with Gasteiger partial charge in [-0.1, -0.05) is 48.5 Å². The zero-order valence-corrected chi connectivity index (χ0v) is 19.0. The summed E-state index contributed by atoms with van der Waals surface area (Å²) < 4.78 is 10.9. The van der Waals surface area contributed by atoms with Crippen LogP contribution in [0.4, 0.5) is 0 Å². The first kappa shape index (κ1) is 26.1. The zero-order valence-electron chi connectivity index (χ0n) is 19.0. The fourth-order valence-corrected chi connectivity index (χ4v) is 3.11. The van der Waals surface area contributed by atoms with Crippen LogP contribution in [-0.2, 0) is 27.5 Å². The molecule has 1 amide bonds. The van der Waals surface area contributed by atoms with Crippen molar-refractivity contribution < 1.29 is 33.8 Å². The Labute approximate surface area is 197 Å². The van der Waals surface area contributed by atoms with Crippen LogP contribution in [0.3, 0.4) is 0 Å². The van der Waals surface area contributed by atoms with E-state index in [2.05, 4.69) is 5.32 Å². The van der Waals surface area contributed by atoms with Crippen LogP contribution in [0.15, 0.2) is 77.4 Å². The highest BCUT2D eigenvalue weighted by Crippen LogP contribution is 2.24. The van der Waals surface area contributed by atoms with Crippen LogP contribution in [0, 0.1) is 0 Å². The molecule has 0 aliphatic rings. The van der Waals surface area contributed by atoms with Crippen LogP contribution in [0.1, 0.15) is 29.9 Å². The highest BCUT2D eigenvalue weighted by Gasteiger charge is 2.18. The summed E-state index contributed by atoms with van der Waals surface area (Å²) in [6.45, 7) is 3.22. The SMILES string of the molecule is COc1ccccc1C(C)NCC(=O)N(Cc1ccccc1)Cc1ccco1.O=C(O)C(=O)O. The first-order valence-corrected chi connectivity index (χ1v) is 10.5. The number of ether oxygens (including phenoxy) is 1. The van der Waals surface area contributed by atoms with Gasteiger partial charge in [-0.2, -0.15) is 0 Å². The third-order valence-electron chi connectivity index (χ3n) is 4.84. The standard InChI is InChI=1S/C23H26N2O3.C2H2O4/c1-18(21-12-6-7-13-22(21)27-2)24-15-23(26)25(17-20-11-8-14-28-20)16-19-9-4-3-5-10-19;3-1(4)2(5)6/h3-14,18,24H,15-17H2,1-2H3;(H,3,4)(H,5,6). The lowest BCUT2D eigenvalue weighted by Crippen LogP contribution is -2.38. The molecule has 3 aromatic rings. The summed E-state index contributed by atoms with van der Waals surface area (Å²) >= 11 is 0. The van der Waals surface area contributed by atoms with Crippen LogP contribution in [0.2, 0.25) is 0 Å². The monoisotopic (exact) mass is 468 g/mol. The summed E-state index contributed by atoms with van der Waals surface area (Å²) in [6.07, 6.45) is 1.63. The lowest BCUT2D eigenvalue weighted by Gasteiger charge is -2.24. The van der Waals surface area contributed by atoms with Gasteiger partial charge in [-0.15, -0.1) is 0 Å². The number of amides is 1. The van der Waals surface area contributed by atoms with E-state index in [1.807, 2.05) is 73.7 Å². The Hall–Kier alpha value is -4.11. The molecule has 2 aromatic carbocycles. The minimum atomic E-state index is -1.82. The van der Waals surface area contributed by atoms with Crippen molar-refractivity contribution in [1.29, 1.82) is 0 Å². The molecule has 0 aliphatic carbocycles. The first-order valence-electron chi connectivity index (χ1n) is 10.5. The van der Waals surface area contributed by atoms with Gasteiger partial charge in [0.1, 0.15) is 11.5 Å². The number of carbonyl (C=O) groups is 3. The number of rotatable bonds is 9. The molecule has 180 valence electrons. The molecule has 9 nitrogen and oxygen atoms in total. The topological polar surface area (TPSA) is 129 Å². The van der Waals surface area contributed by atoms with Gasteiger partial charge in [0.25, 0.3) is 0 Å². The lowest BCUT2D eigenvalue weighted by molar-refractivity contribution is -0.159. The summed E-state index contributed by atoms with van der Waals surface area (Å²) in [5.74, 6) is -2.05.